The topological polar surface area (TPSA) is 90.2 Å². The van der Waals surface area contributed by atoms with Gasteiger partial charge in [0.2, 0.25) is 0 Å². The van der Waals surface area contributed by atoms with E-state index in [9.17, 15) is 20.4 Å². The zero-order valence-electron chi connectivity index (χ0n) is 17.6. The first-order chi connectivity index (χ1) is 14.3. The summed E-state index contributed by atoms with van der Waals surface area (Å²) in [4.78, 5) is -1.19. The highest BCUT2D eigenvalue weighted by molar-refractivity contribution is 8.00. The summed E-state index contributed by atoms with van der Waals surface area (Å²) in [5, 5.41) is 40.5. The molecule has 0 saturated carbocycles. The summed E-state index contributed by atoms with van der Waals surface area (Å²) in [5.74, 6) is 0.490. The number of hydrogen-bond acceptors (Lipinski definition) is 6. The molecule has 0 aromatic heterocycles. The molecule has 2 aliphatic rings. The molecule has 1 fully saturated rings. The third-order valence-corrected chi connectivity index (χ3v) is 8.03. The Morgan fingerprint density at radius 3 is 2.43 bits per heavy atom. The molecule has 2 aromatic rings. The van der Waals surface area contributed by atoms with Crippen LogP contribution in [0.25, 0.3) is 0 Å². The fourth-order valence-corrected chi connectivity index (χ4v) is 5.98. The van der Waals surface area contributed by atoms with E-state index in [0.717, 1.165) is 28.7 Å². The minimum absolute atomic E-state index is 0.309. The number of ether oxygens (including phenoxy) is 1. The van der Waals surface area contributed by atoms with Gasteiger partial charge in [-0.3, -0.25) is 0 Å². The Morgan fingerprint density at radius 1 is 1.10 bits per heavy atom. The highest BCUT2D eigenvalue weighted by Gasteiger charge is 2.57. The van der Waals surface area contributed by atoms with Crippen LogP contribution in [-0.2, 0) is 22.7 Å². The lowest BCUT2D eigenvalue weighted by Crippen LogP contribution is -2.58. The van der Waals surface area contributed by atoms with E-state index >= 15 is 0 Å². The van der Waals surface area contributed by atoms with Gasteiger partial charge in [0.05, 0.1) is 24.6 Å². The van der Waals surface area contributed by atoms with Crippen molar-refractivity contribution in [1.29, 1.82) is 0 Å². The van der Waals surface area contributed by atoms with E-state index in [1.165, 1.54) is 22.9 Å². The van der Waals surface area contributed by atoms with Gasteiger partial charge < -0.3 is 25.2 Å². The van der Waals surface area contributed by atoms with Crippen LogP contribution in [0.3, 0.4) is 0 Å². The van der Waals surface area contributed by atoms with E-state index in [-0.39, 0.29) is 6.61 Å². The van der Waals surface area contributed by atoms with Crippen LogP contribution in [-0.4, -0.2) is 50.6 Å². The van der Waals surface area contributed by atoms with Gasteiger partial charge in [-0.1, -0.05) is 50.2 Å². The molecule has 0 radical (unpaired) electrons. The van der Waals surface area contributed by atoms with Gasteiger partial charge in [-0.05, 0) is 47.1 Å². The minimum atomic E-state index is -1.39. The maximum Gasteiger partial charge on any atom is 0.168 e. The molecule has 6 heteroatoms. The number of aryl methyl sites for hydroxylation is 1. The smallest absolute Gasteiger partial charge is 0.168 e. The molecule has 4 N–H and O–H groups in total. The first kappa shape index (κ1) is 21.8. The summed E-state index contributed by atoms with van der Waals surface area (Å²) in [6, 6.07) is 12.8. The predicted octanol–water partition coefficient (Wildman–Crippen LogP) is 2.58. The highest BCUT2D eigenvalue weighted by Crippen LogP contribution is 2.54. The zero-order valence-corrected chi connectivity index (χ0v) is 18.4. The van der Waals surface area contributed by atoms with Crippen LogP contribution in [0.2, 0.25) is 0 Å². The van der Waals surface area contributed by atoms with Gasteiger partial charge in [0.1, 0.15) is 12.2 Å². The van der Waals surface area contributed by atoms with E-state index in [2.05, 4.69) is 57.2 Å². The average Bonchev–Trinajstić information content (AvgIpc) is 3.08. The summed E-state index contributed by atoms with van der Waals surface area (Å²) in [7, 11) is 0. The molecule has 2 aromatic carbocycles. The lowest BCUT2D eigenvalue weighted by Gasteiger charge is -2.45. The van der Waals surface area contributed by atoms with Crippen molar-refractivity contribution in [2.75, 3.05) is 6.61 Å². The normalized spacial score (nSPS) is 30.8. The third kappa shape index (κ3) is 3.60. The molecule has 1 spiro atoms. The summed E-state index contributed by atoms with van der Waals surface area (Å²) in [6.07, 6.45) is -3.13. The molecule has 0 unspecified atom stereocenters. The highest BCUT2D eigenvalue weighted by atomic mass is 32.2. The number of hydrogen-bond donors (Lipinski definition) is 4. The molecule has 0 aliphatic carbocycles. The van der Waals surface area contributed by atoms with Crippen LogP contribution in [0.15, 0.2) is 36.4 Å². The maximum atomic E-state index is 10.9. The zero-order chi connectivity index (χ0) is 21.6. The molecular formula is C24H30O5S. The van der Waals surface area contributed by atoms with Gasteiger partial charge >= 0.3 is 0 Å². The molecule has 30 heavy (non-hydrogen) atoms. The van der Waals surface area contributed by atoms with Crippen molar-refractivity contribution in [3.63, 3.8) is 0 Å². The van der Waals surface area contributed by atoms with E-state index in [1.54, 1.807) is 0 Å². The molecule has 5 nitrogen and oxygen atoms in total. The van der Waals surface area contributed by atoms with Crippen LogP contribution in [0.4, 0.5) is 0 Å². The summed E-state index contributed by atoms with van der Waals surface area (Å²) >= 11 is 1.20. The predicted molar refractivity (Wildman–Crippen MR) is 117 cm³/mol. The van der Waals surface area contributed by atoms with Crippen LogP contribution in [0.5, 0.6) is 0 Å². The SMILES string of the molecule is Cc1cc2c(cc1Cc1ccc(C(C)C)cc1)[C@]1(OC2)S[C@H](CO)[C@@H](O)[C@H](O)[C@H]1O. The monoisotopic (exact) mass is 430 g/mol. The average molecular weight is 431 g/mol. The quantitative estimate of drug-likeness (QED) is 0.596. The molecule has 2 aliphatic heterocycles. The van der Waals surface area contributed by atoms with Gasteiger partial charge in [0.25, 0.3) is 0 Å². The van der Waals surface area contributed by atoms with Gasteiger partial charge in [-0.2, -0.15) is 0 Å². The Hall–Kier alpha value is -1.41. The second kappa shape index (κ2) is 8.26. The Bertz CT molecular complexity index is 911. The summed E-state index contributed by atoms with van der Waals surface area (Å²) in [6.45, 7) is 6.44. The van der Waals surface area contributed by atoms with Crippen molar-refractivity contribution < 1.29 is 25.2 Å². The Kier molecular flexibility index (Phi) is 6.01. The lowest BCUT2D eigenvalue weighted by atomic mass is 9.89. The molecule has 1 saturated heterocycles. The third-order valence-electron chi connectivity index (χ3n) is 6.37. The van der Waals surface area contributed by atoms with Crippen molar-refractivity contribution in [2.45, 2.75) is 68.2 Å². The number of aliphatic hydroxyl groups is 4. The Morgan fingerprint density at radius 2 is 1.80 bits per heavy atom. The fraction of sp³-hybridized carbons (Fsp3) is 0.500. The molecule has 0 bridgehead atoms. The molecule has 162 valence electrons. The second-order valence-corrected chi connectivity index (χ2v) is 10.2. The fourth-order valence-electron chi connectivity index (χ4n) is 4.43. The summed E-state index contributed by atoms with van der Waals surface area (Å²) in [5.41, 5.74) is 6.58. The van der Waals surface area contributed by atoms with E-state index < -0.39 is 28.5 Å². The number of aliphatic hydroxyl groups excluding tert-OH is 4. The van der Waals surface area contributed by atoms with Crippen molar-refractivity contribution in [2.24, 2.45) is 0 Å². The Balaban J connectivity index is 1.69. The second-order valence-electron chi connectivity index (χ2n) is 8.73. The van der Waals surface area contributed by atoms with Crippen LogP contribution in [0, 0.1) is 6.92 Å². The largest absolute Gasteiger partial charge is 0.395 e. The number of rotatable bonds is 4. The molecule has 0 amide bonds. The number of benzene rings is 2. The van der Waals surface area contributed by atoms with Gasteiger partial charge in [-0.25, -0.2) is 0 Å². The lowest BCUT2D eigenvalue weighted by molar-refractivity contribution is -0.147. The summed E-state index contributed by atoms with van der Waals surface area (Å²) < 4.78 is 6.05. The van der Waals surface area contributed by atoms with E-state index in [1.807, 2.05) is 0 Å². The van der Waals surface area contributed by atoms with Crippen molar-refractivity contribution in [1.82, 2.24) is 0 Å². The molecule has 4 rings (SSSR count). The van der Waals surface area contributed by atoms with Gasteiger partial charge in [0, 0.05) is 5.56 Å². The number of thioether (sulfide) groups is 1. The van der Waals surface area contributed by atoms with Crippen LogP contribution < -0.4 is 0 Å². The minimum Gasteiger partial charge on any atom is -0.395 e. The molecule has 5 atom stereocenters. The van der Waals surface area contributed by atoms with E-state index in [4.69, 9.17) is 4.74 Å². The molecule has 2 heterocycles. The standard InChI is InChI=1S/C24H30O5S/c1-13(2)16-6-4-15(5-7-16)9-17-10-19-18(8-14(17)3)12-29-24(19)23(28)22(27)21(26)20(11-25)30-24/h4-8,10,13,20-23,25-28H,9,11-12H2,1-3H3/t20-,21-,22+,23-,24+/m1/s1. The van der Waals surface area contributed by atoms with Gasteiger partial charge in [0.15, 0.2) is 4.93 Å². The first-order valence-electron chi connectivity index (χ1n) is 10.5. The van der Waals surface area contributed by atoms with Crippen molar-refractivity contribution in [3.8, 4) is 0 Å². The maximum absolute atomic E-state index is 10.9. The van der Waals surface area contributed by atoms with Gasteiger partial charge in [-0.15, -0.1) is 11.8 Å². The van der Waals surface area contributed by atoms with Crippen LogP contribution in [0.1, 0.15) is 53.1 Å². The van der Waals surface area contributed by atoms with E-state index in [0.29, 0.717) is 12.5 Å². The van der Waals surface area contributed by atoms with Crippen LogP contribution >= 0.6 is 11.8 Å². The Labute approximate surface area is 181 Å². The van der Waals surface area contributed by atoms with Crippen molar-refractivity contribution in [3.05, 3.63) is 69.8 Å². The first-order valence-corrected chi connectivity index (χ1v) is 11.3. The number of fused-ring (bicyclic) bond motifs is 2. The van der Waals surface area contributed by atoms with Crippen molar-refractivity contribution >= 4 is 11.8 Å². The molecular weight excluding hydrogens is 400 g/mol.